The number of rotatable bonds is 12. The highest BCUT2D eigenvalue weighted by molar-refractivity contribution is 7.98. The number of amides is 1. The van der Waals surface area contributed by atoms with Crippen LogP contribution in [-0.2, 0) is 17.9 Å². The highest BCUT2D eigenvalue weighted by Crippen LogP contribution is 2.28. The SMILES string of the molecule is CSCC[C@H](NC(=O)c1ccc(NCc2cn(Cc3ccc4ccccc4c3)cn2)cc1-c1ccccc1)C(=O)O. The van der Waals surface area contributed by atoms with Crippen molar-refractivity contribution in [3.8, 4) is 11.1 Å². The fourth-order valence-corrected chi connectivity index (χ4v) is 5.23. The van der Waals surface area contributed by atoms with Gasteiger partial charge in [0, 0.05) is 24.0 Å². The third-order valence-electron chi connectivity index (χ3n) is 6.90. The van der Waals surface area contributed by atoms with Gasteiger partial charge in [-0.2, -0.15) is 11.8 Å². The summed E-state index contributed by atoms with van der Waals surface area (Å²) >= 11 is 1.55. The second kappa shape index (κ2) is 13.2. The van der Waals surface area contributed by atoms with E-state index in [0.717, 1.165) is 29.1 Å². The summed E-state index contributed by atoms with van der Waals surface area (Å²) < 4.78 is 2.07. The molecule has 7 nitrogen and oxygen atoms in total. The minimum Gasteiger partial charge on any atom is -0.480 e. The van der Waals surface area contributed by atoms with Crippen LogP contribution in [0, 0.1) is 0 Å². The zero-order valence-electron chi connectivity index (χ0n) is 22.8. The van der Waals surface area contributed by atoms with Crippen LogP contribution in [0.1, 0.15) is 28.0 Å². The minimum atomic E-state index is -1.04. The van der Waals surface area contributed by atoms with Crippen LogP contribution in [0.3, 0.4) is 0 Å². The molecule has 0 unspecified atom stereocenters. The smallest absolute Gasteiger partial charge is 0.326 e. The number of aromatic nitrogens is 2. The quantitative estimate of drug-likeness (QED) is 0.165. The van der Waals surface area contributed by atoms with Gasteiger partial charge < -0.3 is 20.3 Å². The molecule has 5 rings (SSSR count). The van der Waals surface area contributed by atoms with Crippen LogP contribution in [0.4, 0.5) is 5.69 Å². The highest BCUT2D eigenvalue weighted by atomic mass is 32.2. The lowest BCUT2D eigenvalue weighted by Crippen LogP contribution is -2.41. The predicted octanol–water partition coefficient (Wildman–Crippen LogP) is 6.30. The molecule has 0 bridgehead atoms. The third kappa shape index (κ3) is 7.15. The Morgan fingerprint density at radius 1 is 0.951 bits per heavy atom. The maximum atomic E-state index is 13.2. The number of hydrogen-bond donors (Lipinski definition) is 3. The number of carbonyl (C=O) groups is 2. The van der Waals surface area contributed by atoms with Gasteiger partial charge in [0.05, 0.1) is 18.6 Å². The van der Waals surface area contributed by atoms with Gasteiger partial charge in [-0.15, -0.1) is 0 Å². The first kappa shape index (κ1) is 28.0. The molecule has 0 spiro atoms. The molecule has 3 N–H and O–H groups in total. The molecule has 208 valence electrons. The number of nitrogens with one attached hydrogen (secondary N) is 2. The molecule has 1 heterocycles. The Bertz CT molecular complexity index is 1650. The van der Waals surface area contributed by atoms with E-state index in [0.29, 0.717) is 24.3 Å². The van der Waals surface area contributed by atoms with Gasteiger partial charge in [0.2, 0.25) is 0 Å². The summed E-state index contributed by atoms with van der Waals surface area (Å²) in [5, 5.41) is 18.2. The number of carbonyl (C=O) groups excluding carboxylic acids is 1. The summed E-state index contributed by atoms with van der Waals surface area (Å²) in [5.41, 5.74) is 4.96. The van der Waals surface area contributed by atoms with Crippen molar-refractivity contribution in [2.24, 2.45) is 0 Å². The Balaban J connectivity index is 1.30. The second-order valence-electron chi connectivity index (χ2n) is 9.84. The van der Waals surface area contributed by atoms with Crippen LogP contribution in [0.2, 0.25) is 0 Å². The van der Waals surface area contributed by atoms with E-state index in [1.807, 2.05) is 67.3 Å². The van der Waals surface area contributed by atoms with E-state index in [-0.39, 0.29) is 0 Å². The number of fused-ring (bicyclic) bond motifs is 1. The number of carboxylic acids is 1. The first-order valence-corrected chi connectivity index (χ1v) is 14.8. The first-order chi connectivity index (χ1) is 20.0. The summed E-state index contributed by atoms with van der Waals surface area (Å²) in [6.07, 6.45) is 6.14. The zero-order valence-corrected chi connectivity index (χ0v) is 23.6. The Kier molecular flexibility index (Phi) is 9.01. The van der Waals surface area contributed by atoms with E-state index in [4.69, 9.17) is 0 Å². The van der Waals surface area contributed by atoms with E-state index in [1.165, 1.54) is 16.3 Å². The first-order valence-electron chi connectivity index (χ1n) is 13.4. The van der Waals surface area contributed by atoms with Gasteiger partial charge in [-0.1, -0.05) is 66.7 Å². The molecule has 0 aliphatic rings. The van der Waals surface area contributed by atoms with E-state index >= 15 is 0 Å². The molecule has 1 amide bonds. The van der Waals surface area contributed by atoms with Crippen LogP contribution < -0.4 is 10.6 Å². The van der Waals surface area contributed by atoms with Crippen LogP contribution in [0.25, 0.3) is 21.9 Å². The molecule has 1 aromatic heterocycles. The Hall–Kier alpha value is -4.56. The Labute approximate surface area is 243 Å². The molecule has 0 saturated carbocycles. The molecule has 4 aromatic carbocycles. The van der Waals surface area contributed by atoms with E-state index < -0.39 is 17.9 Å². The lowest BCUT2D eigenvalue weighted by Gasteiger charge is -2.17. The van der Waals surface area contributed by atoms with Crippen molar-refractivity contribution in [2.75, 3.05) is 17.3 Å². The van der Waals surface area contributed by atoms with Crippen molar-refractivity contribution in [3.63, 3.8) is 0 Å². The monoisotopic (exact) mass is 564 g/mol. The summed E-state index contributed by atoms with van der Waals surface area (Å²) in [7, 11) is 0. The molecular weight excluding hydrogens is 532 g/mol. The number of imidazole rings is 1. The standard InChI is InChI=1S/C33H32N4O3S/c1-41-16-15-31(33(39)40)36-32(38)29-14-13-27(18-30(29)25-8-3-2-4-9-25)34-19-28-21-37(22-35-28)20-23-11-12-24-7-5-6-10-26(24)17-23/h2-14,17-18,21-22,31,34H,15-16,19-20H2,1H3,(H,36,38)(H,39,40)/t31-/m0/s1. The zero-order chi connectivity index (χ0) is 28.6. The molecule has 5 aromatic rings. The third-order valence-corrected chi connectivity index (χ3v) is 7.55. The van der Waals surface area contributed by atoms with Gasteiger partial charge >= 0.3 is 5.97 Å². The Morgan fingerprint density at radius 3 is 2.51 bits per heavy atom. The molecular formula is C33H32N4O3S. The maximum absolute atomic E-state index is 13.2. The molecule has 8 heteroatoms. The molecule has 0 radical (unpaired) electrons. The molecule has 0 saturated heterocycles. The van der Waals surface area contributed by atoms with E-state index in [2.05, 4.69) is 56.6 Å². The number of carboxylic acid groups (broad SMARTS) is 1. The molecule has 41 heavy (non-hydrogen) atoms. The molecule has 0 aliphatic heterocycles. The summed E-state index contributed by atoms with van der Waals surface area (Å²) in [6, 6.07) is 29.0. The minimum absolute atomic E-state index is 0.357. The number of benzene rings is 4. The van der Waals surface area contributed by atoms with Crippen molar-refractivity contribution in [1.82, 2.24) is 14.9 Å². The predicted molar refractivity (Wildman–Crippen MR) is 166 cm³/mol. The molecule has 0 fully saturated rings. The normalized spacial score (nSPS) is 11.7. The number of hydrogen-bond acceptors (Lipinski definition) is 5. The van der Waals surface area contributed by atoms with Gasteiger partial charge in [-0.25, -0.2) is 9.78 Å². The van der Waals surface area contributed by atoms with Gasteiger partial charge in [0.25, 0.3) is 5.91 Å². The van der Waals surface area contributed by atoms with Crippen LogP contribution in [0.15, 0.2) is 104 Å². The van der Waals surface area contributed by atoms with Gasteiger partial charge in [-0.3, -0.25) is 4.79 Å². The van der Waals surface area contributed by atoms with Crippen molar-refractivity contribution in [3.05, 3.63) is 120 Å². The van der Waals surface area contributed by atoms with Gasteiger partial charge in [-0.05, 0) is 70.2 Å². The average Bonchev–Trinajstić information content (AvgIpc) is 3.45. The highest BCUT2D eigenvalue weighted by Gasteiger charge is 2.22. The topological polar surface area (TPSA) is 96.3 Å². The number of nitrogens with zero attached hydrogens (tertiary/aromatic N) is 2. The fourth-order valence-electron chi connectivity index (χ4n) is 4.76. The summed E-state index contributed by atoms with van der Waals surface area (Å²) in [6.45, 7) is 1.24. The van der Waals surface area contributed by atoms with Crippen molar-refractivity contribution >= 4 is 40.1 Å². The van der Waals surface area contributed by atoms with Crippen LogP contribution in [0.5, 0.6) is 0 Å². The number of thioether (sulfide) groups is 1. The van der Waals surface area contributed by atoms with Gasteiger partial charge in [0.1, 0.15) is 6.04 Å². The van der Waals surface area contributed by atoms with Crippen LogP contribution >= 0.6 is 11.8 Å². The average molecular weight is 565 g/mol. The summed E-state index contributed by atoms with van der Waals surface area (Å²) in [5.74, 6) is -0.799. The number of anilines is 1. The fraction of sp³-hybridized carbons (Fsp3) is 0.182. The van der Waals surface area contributed by atoms with Crippen LogP contribution in [-0.4, -0.2) is 44.6 Å². The van der Waals surface area contributed by atoms with Crippen molar-refractivity contribution in [1.29, 1.82) is 0 Å². The van der Waals surface area contributed by atoms with Gasteiger partial charge in [0.15, 0.2) is 0 Å². The molecule has 1 atom stereocenters. The Morgan fingerprint density at radius 2 is 1.73 bits per heavy atom. The molecule has 0 aliphatic carbocycles. The van der Waals surface area contributed by atoms with Crippen molar-refractivity contribution in [2.45, 2.75) is 25.6 Å². The maximum Gasteiger partial charge on any atom is 0.326 e. The second-order valence-corrected chi connectivity index (χ2v) is 10.8. The van der Waals surface area contributed by atoms with Crippen molar-refractivity contribution < 1.29 is 14.7 Å². The van der Waals surface area contributed by atoms with E-state index in [9.17, 15) is 14.7 Å². The largest absolute Gasteiger partial charge is 0.480 e. The lowest BCUT2D eigenvalue weighted by molar-refractivity contribution is -0.139. The summed E-state index contributed by atoms with van der Waals surface area (Å²) in [4.78, 5) is 29.5. The van der Waals surface area contributed by atoms with E-state index in [1.54, 1.807) is 17.8 Å². The number of aliphatic carboxylic acids is 1. The lowest BCUT2D eigenvalue weighted by atomic mass is 9.98.